The smallest absolute Gasteiger partial charge is 0.258 e. The molecule has 7 rings (SSSR count). The molecule has 0 radical (unpaired) electrons. The number of amides is 4. The fourth-order valence-corrected chi connectivity index (χ4v) is 9.46. The number of methoxy groups -OCH3 is 1. The van der Waals surface area contributed by atoms with Gasteiger partial charge in [-0.3, -0.25) is 24.1 Å². The number of nitrogens with zero attached hydrogens (tertiary/aromatic N) is 2. The Hall–Kier alpha value is -3.28. The molecule has 0 aromatic heterocycles. The summed E-state index contributed by atoms with van der Waals surface area (Å²) in [5.41, 5.74) is -1.27. The Kier molecular flexibility index (Phi) is 8.35. The van der Waals surface area contributed by atoms with Gasteiger partial charge < -0.3 is 9.84 Å². The molecule has 0 bridgehead atoms. The number of hydrogen-bond donors (Lipinski definition) is 1. The quantitative estimate of drug-likeness (QED) is 0.0564. The second kappa shape index (κ2) is 11.9. The van der Waals surface area contributed by atoms with Crippen molar-refractivity contribution in [1.29, 1.82) is 0 Å². The van der Waals surface area contributed by atoms with Gasteiger partial charge in [0.25, 0.3) is 11.8 Å². The van der Waals surface area contributed by atoms with Crippen LogP contribution in [0.4, 0.5) is 33.3 Å². The molecule has 2 heterocycles. The van der Waals surface area contributed by atoms with Crippen molar-refractivity contribution in [2.24, 2.45) is 17.8 Å². The second-order valence-electron chi connectivity index (χ2n) is 12.2. The van der Waals surface area contributed by atoms with Crippen LogP contribution < -0.4 is 14.5 Å². The van der Waals surface area contributed by atoms with Crippen LogP contribution in [0.5, 0.6) is 11.5 Å². The van der Waals surface area contributed by atoms with E-state index in [-0.39, 0.29) is 44.1 Å². The topological polar surface area (TPSA) is 104 Å². The normalized spacial score (nSPS) is 28.9. The van der Waals surface area contributed by atoms with Crippen molar-refractivity contribution in [2.75, 3.05) is 16.9 Å². The third-order valence-corrected chi connectivity index (χ3v) is 12.6. The number of anilines is 2. The Bertz CT molecular complexity index is 2100. The molecule has 3 aromatic rings. The van der Waals surface area contributed by atoms with Crippen LogP contribution in [0.2, 0.25) is 0 Å². The van der Waals surface area contributed by atoms with Gasteiger partial charge in [0.2, 0.25) is 17.6 Å². The number of allylic oxidation sites excluding steroid dienone is 2. The fourth-order valence-electron chi connectivity index (χ4n) is 7.70. The van der Waals surface area contributed by atoms with Gasteiger partial charge in [0.1, 0.15) is 5.69 Å². The van der Waals surface area contributed by atoms with Crippen LogP contribution in [0, 0.1) is 50.4 Å². The first-order valence-electron chi connectivity index (χ1n) is 14.7. The minimum Gasteiger partial charge on any atom is -0.503 e. The molecular weight excluding hydrogens is 893 g/mol. The third-order valence-electron chi connectivity index (χ3n) is 9.91. The van der Waals surface area contributed by atoms with Gasteiger partial charge in [-0.1, -0.05) is 11.6 Å². The number of carbonyl (C=O) groups excluding carboxylic acids is 4. The molecule has 1 N–H and O–H groups in total. The van der Waals surface area contributed by atoms with E-state index in [9.17, 15) is 37.5 Å². The Morgan fingerprint density at radius 2 is 1.48 bits per heavy atom. The molecule has 6 atom stereocenters. The summed E-state index contributed by atoms with van der Waals surface area (Å²) in [4.78, 5) is 52.1. The highest BCUT2D eigenvalue weighted by Crippen LogP contribution is 2.66. The summed E-state index contributed by atoms with van der Waals surface area (Å²) in [7, 11) is 1.22. The number of carbonyl (C=O) groups is 4. The molecule has 3 fully saturated rings. The highest BCUT2D eigenvalue weighted by molar-refractivity contribution is 14.1. The lowest BCUT2D eigenvalue weighted by Crippen LogP contribution is -2.60. The second-order valence-corrected chi connectivity index (χ2v) is 15.6. The predicted octanol–water partition coefficient (Wildman–Crippen LogP) is 7.23. The van der Waals surface area contributed by atoms with Crippen LogP contribution in [-0.4, -0.2) is 45.6 Å². The Morgan fingerprint density at radius 1 is 0.880 bits per heavy atom. The van der Waals surface area contributed by atoms with Crippen molar-refractivity contribution in [3.8, 4) is 11.5 Å². The number of aromatic hydroxyl groups is 1. The number of hydrogen-bond acceptors (Lipinski definition) is 6. The van der Waals surface area contributed by atoms with Gasteiger partial charge in [0, 0.05) is 9.49 Å². The third kappa shape index (κ3) is 4.51. The van der Waals surface area contributed by atoms with E-state index in [0.29, 0.717) is 0 Å². The van der Waals surface area contributed by atoms with Crippen molar-refractivity contribution >= 4 is 96.7 Å². The van der Waals surface area contributed by atoms with Crippen LogP contribution in [0.1, 0.15) is 24.3 Å². The van der Waals surface area contributed by atoms with Gasteiger partial charge in [-0.15, -0.1) is 23.2 Å². The average molecular weight is 912 g/mol. The molecule has 260 valence electrons. The summed E-state index contributed by atoms with van der Waals surface area (Å²) in [5.74, 6) is -22.0. The number of phenolic OH excluding ortho intramolecular Hbond substituents is 1. The number of fused-ring (bicyclic) bond motifs is 4. The Morgan fingerprint density at radius 3 is 2.08 bits per heavy atom. The molecule has 2 aliphatic carbocycles. The predicted molar refractivity (Wildman–Crippen MR) is 180 cm³/mol. The number of halogens is 9. The first-order valence-corrected chi connectivity index (χ1v) is 17.3. The molecule has 3 aromatic carbocycles. The summed E-state index contributed by atoms with van der Waals surface area (Å²) in [6.07, 6.45) is 0.903. The highest BCUT2D eigenvalue weighted by Gasteiger charge is 2.77. The number of phenols is 1. The van der Waals surface area contributed by atoms with E-state index in [4.69, 9.17) is 27.9 Å². The van der Waals surface area contributed by atoms with Gasteiger partial charge >= 0.3 is 0 Å². The van der Waals surface area contributed by atoms with Crippen LogP contribution in [0.3, 0.4) is 0 Å². The van der Waals surface area contributed by atoms with Gasteiger partial charge in [0.15, 0.2) is 44.5 Å². The SMILES string of the molecule is COc1cc(C2C3=CCC4C(=O)N(c5ccc(I)cc5)C(=O)C4C3CC3(Cl)C(=O)N(c4c(F)c(F)c(F)c(F)c4F)C(=O)C23Cl)cc(Br)c1O. The summed E-state index contributed by atoms with van der Waals surface area (Å²) < 4.78 is 79.5. The van der Waals surface area contributed by atoms with E-state index in [1.165, 1.54) is 19.2 Å². The lowest BCUT2D eigenvalue weighted by Gasteiger charge is -2.50. The van der Waals surface area contributed by atoms with E-state index in [1.807, 2.05) is 0 Å². The van der Waals surface area contributed by atoms with Crippen LogP contribution >= 0.6 is 61.7 Å². The van der Waals surface area contributed by atoms with Gasteiger partial charge in [-0.25, -0.2) is 26.9 Å². The number of alkyl halides is 2. The summed E-state index contributed by atoms with van der Waals surface area (Å²) in [6.45, 7) is 0. The Labute approximate surface area is 311 Å². The van der Waals surface area contributed by atoms with E-state index in [2.05, 4.69) is 38.5 Å². The standard InChI is InChI=1S/C33H19BrCl2F5IN2O6/c1-50-18-9-11(8-17(34)27(18)45)20-14-6-7-15-19(29(47)43(28(15)46)13-4-2-12(42)3-5-13)16(14)10-32(35)30(48)44(31(49)33(20,32)36)26-24(40)22(38)21(37)23(39)25(26)41/h2-6,8-9,15-16,19-20,45H,7,10H2,1H3. The van der Waals surface area contributed by atoms with Gasteiger partial charge in [-0.05, 0) is 99.2 Å². The fraction of sp³-hybridized carbons (Fsp3) is 0.273. The molecule has 8 nitrogen and oxygen atoms in total. The monoisotopic (exact) mass is 910 g/mol. The van der Waals surface area contributed by atoms with Crippen molar-refractivity contribution in [1.82, 2.24) is 0 Å². The molecule has 4 amide bonds. The van der Waals surface area contributed by atoms with Crippen LogP contribution in [-0.2, 0) is 19.2 Å². The Balaban J connectivity index is 1.45. The molecule has 6 unspecified atom stereocenters. The maximum atomic E-state index is 15.2. The molecule has 4 aliphatic rings. The summed E-state index contributed by atoms with van der Waals surface area (Å²) in [5, 5.41) is 10.6. The van der Waals surface area contributed by atoms with Crippen LogP contribution in [0.25, 0.3) is 0 Å². The van der Waals surface area contributed by atoms with Crippen LogP contribution in [0.15, 0.2) is 52.5 Å². The number of rotatable bonds is 4. The van der Waals surface area contributed by atoms with Crippen molar-refractivity contribution < 1.29 is 51.0 Å². The summed E-state index contributed by atoms with van der Waals surface area (Å²) in [6, 6.07) is 9.14. The van der Waals surface area contributed by atoms with Crippen molar-refractivity contribution in [3.05, 3.63) is 90.7 Å². The molecule has 2 saturated heterocycles. The minimum atomic E-state index is -2.72. The zero-order chi connectivity index (χ0) is 36.4. The van der Waals surface area contributed by atoms with E-state index in [1.54, 1.807) is 30.3 Å². The molecule has 50 heavy (non-hydrogen) atoms. The largest absolute Gasteiger partial charge is 0.503 e. The molecule has 17 heteroatoms. The number of imide groups is 2. The van der Waals surface area contributed by atoms with Crippen molar-refractivity contribution in [3.63, 3.8) is 0 Å². The van der Waals surface area contributed by atoms with Gasteiger partial charge in [-0.2, -0.15) is 0 Å². The molecule has 0 spiro atoms. The lowest BCUT2D eigenvalue weighted by atomic mass is 9.56. The summed E-state index contributed by atoms with van der Waals surface area (Å²) >= 11 is 19.6. The number of ether oxygens (including phenoxy) is 1. The maximum Gasteiger partial charge on any atom is 0.258 e. The maximum absolute atomic E-state index is 15.2. The zero-order valence-electron chi connectivity index (χ0n) is 25.0. The van der Waals surface area contributed by atoms with E-state index < -0.39 is 98.2 Å². The first kappa shape index (κ1) is 35.1. The van der Waals surface area contributed by atoms with Gasteiger partial charge in [0.05, 0.1) is 29.1 Å². The zero-order valence-corrected chi connectivity index (χ0v) is 30.3. The van der Waals surface area contributed by atoms with E-state index >= 15 is 8.78 Å². The first-order chi connectivity index (χ1) is 23.5. The average Bonchev–Trinajstić information content (AvgIpc) is 3.42. The number of benzene rings is 3. The molecule has 2 aliphatic heterocycles. The highest BCUT2D eigenvalue weighted by atomic mass is 127. The minimum absolute atomic E-state index is 0.0223. The van der Waals surface area contributed by atoms with E-state index in [0.717, 1.165) is 8.47 Å². The van der Waals surface area contributed by atoms with Crippen molar-refractivity contribution in [2.45, 2.75) is 28.5 Å². The lowest BCUT2D eigenvalue weighted by molar-refractivity contribution is -0.125. The molecular formula is C33H19BrCl2F5IN2O6. The molecule has 1 saturated carbocycles.